The van der Waals surface area contributed by atoms with Crippen molar-refractivity contribution in [3.8, 4) is 5.75 Å². The summed E-state index contributed by atoms with van der Waals surface area (Å²) >= 11 is 5.94. The third-order valence-corrected chi connectivity index (χ3v) is 5.25. The summed E-state index contributed by atoms with van der Waals surface area (Å²) in [7, 11) is 1.51. The highest BCUT2D eigenvalue weighted by molar-refractivity contribution is 6.46. The van der Waals surface area contributed by atoms with Crippen LogP contribution in [0.15, 0.2) is 76.9 Å². The molecule has 0 unspecified atom stereocenters. The molecule has 2 aromatic carbocycles. The number of hydrogen-bond acceptors (Lipinski definition) is 5. The summed E-state index contributed by atoms with van der Waals surface area (Å²) < 4.78 is 10.9. The highest BCUT2D eigenvalue weighted by Crippen LogP contribution is 2.43. The van der Waals surface area contributed by atoms with Gasteiger partial charge in [-0.05, 0) is 42.5 Å². The highest BCUT2D eigenvalue weighted by atomic mass is 35.5. The van der Waals surface area contributed by atoms with Crippen LogP contribution in [-0.2, 0) is 16.1 Å². The third-order valence-electron chi connectivity index (χ3n) is 5.00. The SMILES string of the molecule is COc1ccccc1[C@@H]1C(=C(O)c2ccc(Cl)cc2)C(=O)C(=O)N1Cc1ccco1. The fourth-order valence-electron chi connectivity index (χ4n) is 3.59. The molecule has 1 saturated heterocycles. The molecule has 3 aromatic rings. The van der Waals surface area contributed by atoms with Gasteiger partial charge in [0.05, 0.1) is 31.5 Å². The zero-order valence-electron chi connectivity index (χ0n) is 16.0. The number of methoxy groups -OCH3 is 1. The van der Waals surface area contributed by atoms with Crippen molar-refractivity contribution >= 4 is 29.1 Å². The Hall–Kier alpha value is -3.51. The van der Waals surface area contributed by atoms with Gasteiger partial charge < -0.3 is 19.2 Å². The lowest BCUT2D eigenvalue weighted by Crippen LogP contribution is -2.29. The van der Waals surface area contributed by atoms with Gasteiger partial charge >= 0.3 is 0 Å². The van der Waals surface area contributed by atoms with Crippen LogP contribution < -0.4 is 4.74 Å². The molecule has 0 spiro atoms. The van der Waals surface area contributed by atoms with Crippen molar-refractivity contribution in [2.75, 3.05) is 7.11 Å². The molecule has 6 nitrogen and oxygen atoms in total. The summed E-state index contributed by atoms with van der Waals surface area (Å²) in [6.07, 6.45) is 1.50. The maximum atomic E-state index is 13.0. The topological polar surface area (TPSA) is 80.0 Å². The number of furan rings is 1. The fourth-order valence-corrected chi connectivity index (χ4v) is 3.72. The van der Waals surface area contributed by atoms with E-state index in [4.69, 9.17) is 20.8 Å². The van der Waals surface area contributed by atoms with E-state index in [2.05, 4.69) is 0 Å². The maximum absolute atomic E-state index is 13.0. The van der Waals surface area contributed by atoms with E-state index in [1.165, 1.54) is 18.3 Å². The molecule has 1 fully saturated rings. The Bertz CT molecular complexity index is 1120. The number of rotatable bonds is 5. The number of likely N-dealkylation sites (tertiary alicyclic amines) is 1. The number of carbonyl (C=O) groups excluding carboxylic acids is 2. The van der Waals surface area contributed by atoms with E-state index < -0.39 is 17.7 Å². The first-order valence-electron chi connectivity index (χ1n) is 9.21. The predicted molar refractivity (Wildman–Crippen MR) is 111 cm³/mol. The van der Waals surface area contributed by atoms with E-state index in [-0.39, 0.29) is 17.9 Å². The first kappa shape index (κ1) is 19.8. The Morgan fingerprint density at radius 2 is 1.83 bits per heavy atom. The lowest BCUT2D eigenvalue weighted by atomic mass is 9.94. The van der Waals surface area contributed by atoms with Gasteiger partial charge in [0.25, 0.3) is 11.7 Å². The van der Waals surface area contributed by atoms with E-state index >= 15 is 0 Å². The van der Waals surface area contributed by atoms with Gasteiger partial charge in [-0.3, -0.25) is 9.59 Å². The quantitative estimate of drug-likeness (QED) is 0.369. The van der Waals surface area contributed by atoms with E-state index in [0.29, 0.717) is 27.7 Å². The fraction of sp³-hybridized carbons (Fsp3) is 0.130. The predicted octanol–water partition coefficient (Wildman–Crippen LogP) is 4.56. The summed E-state index contributed by atoms with van der Waals surface area (Å²) in [5.74, 6) is -0.760. The summed E-state index contributed by atoms with van der Waals surface area (Å²) in [6, 6.07) is 16.1. The maximum Gasteiger partial charge on any atom is 0.296 e. The van der Waals surface area contributed by atoms with E-state index in [1.54, 1.807) is 60.7 Å². The minimum Gasteiger partial charge on any atom is -0.507 e. The summed E-state index contributed by atoms with van der Waals surface area (Å²) in [5.41, 5.74) is 0.954. The van der Waals surface area contributed by atoms with Crippen LogP contribution >= 0.6 is 11.6 Å². The molecule has 1 amide bonds. The summed E-state index contributed by atoms with van der Waals surface area (Å²) in [5, 5.41) is 11.5. The second-order valence-electron chi connectivity index (χ2n) is 6.76. The number of hydrogen-bond donors (Lipinski definition) is 1. The number of aliphatic hydroxyl groups excluding tert-OH is 1. The smallest absolute Gasteiger partial charge is 0.296 e. The summed E-state index contributed by atoms with van der Waals surface area (Å²) in [6.45, 7) is 0.0671. The molecule has 152 valence electrons. The van der Waals surface area contributed by atoms with Crippen molar-refractivity contribution in [1.29, 1.82) is 0 Å². The minimum atomic E-state index is -0.845. The largest absolute Gasteiger partial charge is 0.507 e. The number of halogens is 1. The second-order valence-corrected chi connectivity index (χ2v) is 7.19. The minimum absolute atomic E-state index is 0.0154. The number of Topliss-reactive ketones (excluding diaryl/α,β-unsaturated/α-hetero) is 1. The molecule has 0 aliphatic carbocycles. The van der Waals surface area contributed by atoms with Crippen molar-refractivity contribution < 1.29 is 23.8 Å². The summed E-state index contributed by atoms with van der Waals surface area (Å²) in [4.78, 5) is 27.3. The van der Waals surface area contributed by atoms with E-state index in [1.807, 2.05) is 0 Å². The lowest BCUT2D eigenvalue weighted by molar-refractivity contribution is -0.140. The number of nitrogens with zero attached hydrogens (tertiary/aromatic N) is 1. The number of ether oxygens (including phenoxy) is 1. The Morgan fingerprint density at radius 3 is 2.50 bits per heavy atom. The van der Waals surface area contributed by atoms with Gasteiger partial charge in [0, 0.05) is 16.1 Å². The van der Waals surface area contributed by atoms with Gasteiger partial charge in [-0.2, -0.15) is 0 Å². The van der Waals surface area contributed by atoms with Gasteiger partial charge in [-0.1, -0.05) is 29.8 Å². The van der Waals surface area contributed by atoms with Crippen LogP contribution in [0.4, 0.5) is 0 Å². The molecule has 0 saturated carbocycles. The average molecular weight is 424 g/mol. The van der Waals surface area contributed by atoms with Crippen LogP contribution in [-0.4, -0.2) is 28.8 Å². The average Bonchev–Trinajstić information content (AvgIpc) is 3.36. The van der Waals surface area contributed by atoms with Crippen LogP contribution in [0.3, 0.4) is 0 Å². The van der Waals surface area contributed by atoms with Crippen molar-refractivity contribution in [2.45, 2.75) is 12.6 Å². The number of amides is 1. The van der Waals surface area contributed by atoms with Crippen LogP contribution in [0.2, 0.25) is 5.02 Å². The number of para-hydroxylation sites is 1. The zero-order valence-corrected chi connectivity index (χ0v) is 16.8. The van der Waals surface area contributed by atoms with Gasteiger partial charge in [0.15, 0.2) is 0 Å². The lowest BCUT2D eigenvalue weighted by Gasteiger charge is -2.25. The molecule has 1 atom stereocenters. The van der Waals surface area contributed by atoms with Gasteiger partial charge in [0.2, 0.25) is 0 Å². The van der Waals surface area contributed by atoms with Crippen molar-refractivity contribution in [3.05, 3.63) is 94.4 Å². The van der Waals surface area contributed by atoms with Crippen LogP contribution in [0.5, 0.6) is 5.75 Å². The molecule has 7 heteroatoms. The number of aliphatic hydroxyl groups is 1. The molecule has 30 heavy (non-hydrogen) atoms. The standard InChI is InChI=1S/C23H18ClNO5/c1-29-18-7-3-2-6-17(18)20-19(21(26)14-8-10-15(24)11-9-14)22(27)23(28)25(20)13-16-5-4-12-30-16/h2-12,20,26H,13H2,1H3/t20-/m1/s1. The zero-order chi connectivity index (χ0) is 21.3. The Morgan fingerprint density at radius 1 is 1.10 bits per heavy atom. The number of ketones is 1. The van der Waals surface area contributed by atoms with Crippen LogP contribution in [0.25, 0.3) is 5.76 Å². The molecule has 0 bridgehead atoms. The molecule has 4 rings (SSSR count). The first-order chi connectivity index (χ1) is 14.5. The number of carbonyl (C=O) groups is 2. The van der Waals surface area contributed by atoms with Crippen molar-refractivity contribution in [2.24, 2.45) is 0 Å². The van der Waals surface area contributed by atoms with Crippen LogP contribution in [0, 0.1) is 0 Å². The van der Waals surface area contributed by atoms with E-state index in [0.717, 1.165) is 0 Å². The molecule has 2 heterocycles. The molecular formula is C23H18ClNO5. The van der Waals surface area contributed by atoms with Gasteiger partial charge in [0.1, 0.15) is 17.3 Å². The first-order valence-corrected chi connectivity index (χ1v) is 9.58. The van der Waals surface area contributed by atoms with Gasteiger partial charge in [-0.25, -0.2) is 0 Å². The monoisotopic (exact) mass is 423 g/mol. The third kappa shape index (κ3) is 3.46. The Labute approximate surface area is 177 Å². The second kappa shape index (κ2) is 8.08. The van der Waals surface area contributed by atoms with Crippen molar-refractivity contribution in [3.63, 3.8) is 0 Å². The number of benzene rings is 2. The molecule has 1 N–H and O–H groups in total. The Balaban J connectivity index is 1.90. The Kier molecular flexibility index (Phi) is 5.33. The molecular weight excluding hydrogens is 406 g/mol. The van der Waals surface area contributed by atoms with Crippen LogP contribution in [0.1, 0.15) is 22.9 Å². The molecule has 1 aliphatic rings. The normalized spacial score (nSPS) is 18.1. The molecule has 1 aliphatic heterocycles. The van der Waals surface area contributed by atoms with E-state index in [9.17, 15) is 14.7 Å². The van der Waals surface area contributed by atoms with Gasteiger partial charge in [-0.15, -0.1) is 0 Å². The molecule has 0 radical (unpaired) electrons. The highest BCUT2D eigenvalue weighted by Gasteiger charge is 2.47. The van der Waals surface area contributed by atoms with Crippen molar-refractivity contribution in [1.82, 2.24) is 4.90 Å². The molecule has 1 aromatic heterocycles.